The predicted octanol–water partition coefficient (Wildman–Crippen LogP) is 7.00. The zero-order valence-corrected chi connectivity index (χ0v) is 15.7. The van der Waals surface area contributed by atoms with Crippen molar-refractivity contribution in [3.8, 4) is 28.4 Å². The van der Waals surface area contributed by atoms with Crippen LogP contribution in [0.15, 0.2) is 85.3 Å². The second kappa shape index (κ2) is 7.64. The Morgan fingerprint density at radius 1 is 0.862 bits per heavy atom. The summed E-state index contributed by atoms with van der Waals surface area (Å²) in [5.41, 5.74) is 1.04. The first-order valence-corrected chi connectivity index (χ1v) is 9.02. The van der Waals surface area contributed by atoms with E-state index in [1.54, 1.807) is 53.4 Å². The molecule has 3 nitrogen and oxygen atoms in total. The molecule has 29 heavy (non-hydrogen) atoms. The molecule has 0 N–H and O–H groups in total. The van der Waals surface area contributed by atoms with Crippen LogP contribution >= 0.6 is 11.6 Å². The highest BCUT2D eigenvalue weighted by Crippen LogP contribution is 2.33. The first kappa shape index (κ1) is 19.1. The van der Waals surface area contributed by atoms with E-state index in [1.807, 2.05) is 12.1 Å². The minimum Gasteiger partial charge on any atom is -0.457 e. The molecule has 0 aliphatic carbocycles. The third-order valence-electron chi connectivity index (χ3n) is 4.29. The molecule has 0 aliphatic rings. The summed E-state index contributed by atoms with van der Waals surface area (Å²) in [6.45, 7) is 0. The van der Waals surface area contributed by atoms with Crippen LogP contribution in [-0.2, 0) is 6.18 Å². The van der Waals surface area contributed by atoms with Gasteiger partial charge in [-0.25, -0.2) is 4.98 Å². The van der Waals surface area contributed by atoms with Gasteiger partial charge in [0.15, 0.2) is 0 Å². The smallest absolute Gasteiger partial charge is 0.416 e. The van der Waals surface area contributed by atoms with Crippen molar-refractivity contribution < 1.29 is 17.9 Å². The van der Waals surface area contributed by atoms with Crippen molar-refractivity contribution in [2.45, 2.75) is 6.18 Å². The number of rotatable bonds is 4. The van der Waals surface area contributed by atoms with Crippen molar-refractivity contribution in [1.29, 1.82) is 0 Å². The summed E-state index contributed by atoms with van der Waals surface area (Å²) in [5, 5.41) is 0.620. The van der Waals surface area contributed by atoms with E-state index in [4.69, 9.17) is 16.3 Å². The number of ether oxygens (including phenoxy) is 1. The summed E-state index contributed by atoms with van der Waals surface area (Å²) < 4.78 is 46.6. The van der Waals surface area contributed by atoms with Crippen molar-refractivity contribution in [1.82, 2.24) is 9.55 Å². The molecule has 0 radical (unpaired) electrons. The molecule has 4 aromatic rings. The number of benzene rings is 3. The molecule has 3 aromatic carbocycles. The summed E-state index contributed by atoms with van der Waals surface area (Å²) in [7, 11) is 0. The number of hydrogen-bond acceptors (Lipinski definition) is 2. The third-order valence-corrected chi connectivity index (χ3v) is 4.54. The first-order chi connectivity index (χ1) is 13.9. The number of alkyl halides is 3. The van der Waals surface area contributed by atoms with Crippen LogP contribution in [0, 0.1) is 0 Å². The van der Waals surface area contributed by atoms with Crippen molar-refractivity contribution in [3.63, 3.8) is 0 Å². The summed E-state index contributed by atoms with van der Waals surface area (Å²) in [4.78, 5) is 4.10. The van der Waals surface area contributed by atoms with Crippen molar-refractivity contribution in [2.24, 2.45) is 0 Å². The van der Waals surface area contributed by atoms with Gasteiger partial charge in [-0.05, 0) is 60.7 Å². The van der Waals surface area contributed by atoms with E-state index < -0.39 is 11.7 Å². The van der Waals surface area contributed by atoms with E-state index in [2.05, 4.69) is 4.98 Å². The Balaban J connectivity index is 1.61. The number of halogens is 4. The van der Waals surface area contributed by atoms with Gasteiger partial charge >= 0.3 is 6.18 Å². The Labute approximate surface area is 170 Å². The fraction of sp³-hybridized carbons (Fsp3) is 0.0455. The molecule has 0 atom stereocenters. The number of aromatic nitrogens is 2. The van der Waals surface area contributed by atoms with E-state index in [0.717, 1.165) is 17.8 Å². The summed E-state index contributed by atoms with van der Waals surface area (Å²) in [6, 6.07) is 19.3. The maximum atomic E-state index is 13.0. The molecule has 0 fully saturated rings. The minimum atomic E-state index is -4.40. The molecule has 0 amide bonds. The lowest BCUT2D eigenvalue weighted by atomic mass is 10.1. The molecule has 4 rings (SSSR count). The highest BCUT2D eigenvalue weighted by Gasteiger charge is 2.30. The third kappa shape index (κ3) is 4.27. The standard InChI is InChI=1S/C22H14ClF3N2O/c23-17-4-8-19(9-5-17)29-20-10-6-18(7-11-20)28-14-27-13-21(28)15-2-1-3-16(12-15)22(24,25)26/h1-14H. The van der Waals surface area contributed by atoms with Gasteiger partial charge in [-0.2, -0.15) is 13.2 Å². The van der Waals surface area contributed by atoms with Crippen LogP contribution in [0.1, 0.15) is 5.56 Å². The quantitative estimate of drug-likeness (QED) is 0.359. The Hall–Kier alpha value is -3.25. The fourth-order valence-electron chi connectivity index (χ4n) is 2.88. The topological polar surface area (TPSA) is 27.1 Å². The normalized spacial score (nSPS) is 11.4. The molecule has 0 spiro atoms. The van der Waals surface area contributed by atoms with E-state index >= 15 is 0 Å². The summed E-state index contributed by atoms with van der Waals surface area (Å²) in [5.74, 6) is 1.27. The summed E-state index contributed by atoms with van der Waals surface area (Å²) in [6.07, 6.45) is -1.31. The highest BCUT2D eigenvalue weighted by atomic mass is 35.5. The second-order valence-corrected chi connectivity index (χ2v) is 6.71. The molecule has 0 saturated carbocycles. The summed E-state index contributed by atoms with van der Waals surface area (Å²) >= 11 is 5.87. The zero-order valence-electron chi connectivity index (χ0n) is 14.9. The average Bonchev–Trinajstić information content (AvgIpc) is 3.20. The van der Waals surface area contributed by atoms with Gasteiger partial charge in [0.2, 0.25) is 0 Å². The van der Waals surface area contributed by atoms with Crippen molar-refractivity contribution >= 4 is 11.6 Å². The lowest BCUT2D eigenvalue weighted by Crippen LogP contribution is -2.05. The largest absolute Gasteiger partial charge is 0.457 e. The molecule has 0 saturated heterocycles. The van der Waals surface area contributed by atoms with Crippen molar-refractivity contribution in [2.75, 3.05) is 0 Å². The fourth-order valence-corrected chi connectivity index (χ4v) is 3.01. The van der Waals surface area contributed by atoms with E-state index in [1.165, 1.54) is 12.3 Å². The van der Waals surface area contributed by atoms with Crippen LogP contribution in [0.4, 0.5) is 13.2 Å². The maximum absolute atomic E-state index is 13.0. The molecule has 146 valence electrons. The van der Waals surface area contributed by atoms with E-state index in [-0.39, 0.29) is 0 Å². The minimum absolute atomic E-state index is 0.429. The van der Waals surface area contributed by atoms with E-state index in [9.17, 15) is 13.2 Å². The van der Waals surface area contributed by atoms with Crippen LogP contribution in [0.2, 0.25) is 5.02 Å². The Kier molecular flexibility index (Phi) is 5.03. The first-order valence-electron chi connectivity index (χ1n) is 8.64. The van der Waals surface area contributed by atoms with Crippen molar-refractivity contribution in [3.05, 3.63) is 95.9 Å². The molecule has 1 heterocycles. The van der Waals surface area contributed by atoms with Crippen LogP contribution in [0.3, 0.4) is 0 Å². The average molecular weight is 415 g/mol. The lowest BCUT2D eigenvalue weighted by Gasteiger charge is -2.12. The highest BCUT2D eigenvalue weighted by molar-refractivity contribution is 6.30. The maximum Gasteiger partial charge on any atom is 0.416 e. The Morgan fingerprint density at radius 3 is 2.17 bits per heavy atom. The van der Waals surface area contributed by atoms with Gasteiger partial charge in [0.1, 0.15) is 11.5 Å². The van der Waals surface area contributed by atoms with Gasteiger partial charge in [-0.1, -0.05) is 23.7 Å². The van der Waals surface area contributed by atoms with Gasteiger partial charge in [-0.3, -0.25) is 4.57 Å². The van der Waals surface area contributed by atoms with Gasteiger partial charge in [0.05, 0.1) is 23.8 Å². The molecule has 0 aliphatic heterocycles. The lowest BCUT2D eigenvalue weighted by molar-refractivity contribution is -0.137. The molecule has 0 unspecified atom stereocenters. The molecule has 0 bridgehead atoms. The van der Waals surface area contributed by atoms with Gasteiger partial charge in [0, 0.05) is 16.3 Å². The van der Waals surface area contributed by atoms with Crippen LogP contribution in [0.25, 0.3) is 16.9 Å². The Morgan fingerprint density at radius 2 is 1.52 bits per heavy atom. The molecular formula is C22H14ClF3N2O. The predicted molar refractivity (Wildman–Crippen MR) is 106 cm³/mol. The number of nitrogens with zero attached hydrogens (tertiary/aromatic N) is 2. The molecule has 7 heteroatoms. The van der Waals surface area contributed by atoms with Crippen LogP contribution < -0.4 is 4.74 Å². The zero-order chi connectivity index (χ0) is 20.4. The molecule has 1 aromatic heterocycles. The number of imidazole rings is 1. The number of hydrogen-bond donors (Lipinski definition) is 0. The Bertz CT molecular complexity index is 1120. The van der Waals surface area contributed by atoms with Gasteiger partial charge in [-0.15, -0.1) is 0 Å². The van der Waals surface area contributed by atoms with Gasteiger partial charge in [0.25, 0.3) is 0 Å². The SMILES string of the molecule is FC(F)(F)c1cccc(-c2cncn2-c2ccc(Oc3ccc(Cl)cc3)cc2)c1. The van der Waals surface area contributed by atoms with E-state index in [0.29, 0.717) is 27.8 Å². The van der Waals surface area contributed by atoms with Crippen LogP contribution in [0.5, 0.6) is 11.5 Å². The molecular weight excluding hydrogens is 401 g/mol. The second-order valence-electron chi connectivity index (χ2n) is 6.28. The van der Waals surface area contributed by atoms with Gasteiger partial charge < -0.3 is 4.74 Å². The monoisotopic (exact) mass is 414 g/mol. The van der Waals surface area contributed by atoms with Crippen LogP contribution in [-0.4, -0.2) is 9.55 Å².